The van der Waals surface area contributed by atoms with E-state index in [-0.39, 0.29) is 5.76 Å². The first-order valence-corrected chi connectivity index (χ1v) is 5.86. The van der Waals surface area contributed by atoms with Gasteiger partial charge in [0.1, 0.15) is 5.76 Å². The van der Waals surface area contributed by atoms with Crippen molar-refractivity contribution in [1.29, 1.82) is 0 Å². The third-order valence-corrected chi connectivity index (χ3v) is 2.05. The van der Waals surface area contributed by atoms with Crippen molar-refractivity contribution in [2.45, 2.75) is 20.0 Å². The van der Waals surface area contributed by atoms with Crippen molar-refractivity contribution in [3.63, 3.8) is 0 Å². The maximum absolute atomic E-state index is 12.5. The second kappa shape index (κ2) is 6.67. The van der Waals surface area contributed by atoms with E-state index in [1.165, 1.54) is 12.2 Å². The summed E-state index contributed by atoms with van der Waals surface area (Å²) in [6.07, 6.45) is 3.47. The number of allylic oxidation sites excluding steroid dienone is 3. The Labute approximate surface area is 93.9 Å². The Kier molecular flexibility index (Phi) is 6.32. The minimum atomic E-state index is -3.15. The first kappa shape index (κ1) is 14.2. The highest BCUT2D eigenvalue weighted by atomic mass is 32.2. The van der Waals surface area contributed by atoms with E-state index in [9.17, 15) is 8.78 Å². The van der Waals surface area contributed by atoms with Crippen LogP contribution in [0.3, 0.4) is 0 Å². The molecule has 86 valence electrons. The molecule has 15 heavy (non-hydrogen) atoms. The summed E-state index contributed by atoms with van der Waals surface area (Å²) in [5.41, 5.74) is 0.866. The molecule has 1 nitrogen and oxygen atoms in total. The van der Waals surface area contributed by atoms with Crippen LogP contribution in [0.15, 0.2) is 36.1 Å². The fraction of sp³-hybridized carbons (Fsp3) is 0.455. The van der Waals surface area contributed by atoms with Crippen molar-refractivity contribution in [2.24, 2.45) is 0 Å². The Morgan fingerprint density at radius 1 is 1.47 bits per heavy atom. The Morgan fingerprint density at radius 2 is 2.07 bits per heavy atom. The minimum absolute atomic E-state index is 0.143. The lowest BCUT2D eigenvalue weighted by atomic mass is 10.3. The number of thioether (sulfide) groups is 1. The third kappa shape index (κ3) is 8.24. The Bertz CT molecular complexity index is 264. The molecule has 0 fully saturated rings. The van der Waals surface area contributed by atoms with Gasteiger partial charge in [-0.25, -0.2) is 0 Å². The van der Waals surface area contributed by atoms with E-state index >= 15 is 0 Å². The number of hydrogen-bond donors (Lipinski definition) is 0. The molecule has 0 amide bonds. The highest BCUT2D eigenvalue weighted by molar-refractivity contribution is 7.98. The lowest BCUT2D eigenvalue weighted by Crippen LogP contribution is -2.13. The van der Waals surface area contributed by atoms with E-state index in [1.807, 2.05) is 6.26 Å². The zero-order valence-corrected chi connectivity index (χ0v) is 10.0. The van der Waals surface area contributed by atoms with Crippen LogP contribution in [0.5, 0.6) is 0 Å². The normalized spacial score (nSPS) is 13.3. The molecular weight excluding hydrogens is 218 g/mol. The van der Waals surface area contributed by atoms with Crippen LogP contribution < -0.4 is 0 Å². The summed E-state index contributed by atoms with van der Waals surface area (Å²) in [6, 6.07) is 0. The van der Waals surface area contributed by atoms with Crippen molar-refractivity contribution in [2.75, 3.05) is 12.0 Å². The smallest absolute Gasteiger partial charge is 0.394 e. The van der Waals surface area contributed by atoms with Gasteiger partial charge in [-0.1, -0.05) is 12.7 Å². The molecule has 0 spiro atoms. The van der Waals surface area contributed by atoms with Crippen LogP contribution in [0.2, 0.25) is 0 Å². The summed E-state index contributed by atoms with van der Waals surface area (Å²) in [6.45, 7) is 6.12. The van der Waals surface area contributed by atoms with Gasteiger partial charge in [0, 0.05) is 12.7 Å². The average Bonchev–Trinajstić information content (AvgIpc) is 2.11. The van der Waals surface area contributed by atoms with Gasteiger partial charge in [-0.15, -0.1) is 0 Å². The Hall–Kier alpha value is -0.770. The molecule has 4 heteroatoms. The van der Waals surface area contributed by atoms with Crippen LogP contribution in [0.1, 0.15) is 13.8 Å². The molecule has 0 aliphatic rings. The Morgan fingerprint density at radius 3 is 2.47 bits per heavy atom. The fourth-order valence-corrected chi connectivity index (χ4v) is 1.30. The molecule has 0 rings (SSSR count). The van der Waals surface area contributed by atoms with Crippen LogP contribution in [0.4, 0.5) is 8.78 Å². The lowest BCUT2D eigenvalue weighted by molar-refractivity contribution is -0.195. The molecule has 0 aromatic carbocycles. The van der Waals surface area contributed by atoms with Crippen LogP contribution in [-0.4, -0.2) is 18.1 Å². The molecule has 0 saturated carbocycles. The molecule has 0 unspecified atom stereocenters. The second-order valence-electron chi connectivity index (χ2n) is 3.03. The highest BCUT2D eigenvalue weighted by Gasteiger charge is 2.23. The van der Waals surface area contributed by atoms with E-state index < -0.39 is 6.11 Å². The zero-order valence-electron chi connectivity index (χ0n) is 9.22. The van der Waals surface area contributed by atoms with Crippen LogP contribution in [0.25, 0.3) is 0 Å². The fourth-order valence-electron chi connectivity index (χ4n) is 0.830. The molecule has 0 radical (unpaired) electrons. The molecule has 0 heterocycles. The van der Waals surface area contributed by atoms with Crippen molar-refractivity contribution >= 4 is 11.8 Å². The quantitative estimate of drug-likeness (QED) is 0.507. The van der Waals surface area contributed by atoms with Crippen molar-refractivity contribution in [3.8, 4) is 0 Å². The first-order valence-electron chi connectivity index (χ1n) is 4.47. The topological polar surface area (TPSA) is 9.23 Å². The molecular formula is C11H16F2OS. The molecule has 0 aromatic rings. The number of ether oxygens (including phenoxy) is 1. The van der Waals surface area contributed by atoms with E-state index in [0.29, 0.717) is 6.92 Å². The number of rotatable bonds is 6. The summed E-state index contributed by atoms with van der Waals surface area (Å²) in [5, 5.41) is 0. The second-order valence-corrected chi connectivity index (χ2v) is 3.89. The van der Waals surface area contributed by atoms with Crippen molar-refractivity contribution in [3.05, 3.63) is 36.1 Å². The zero-order chi connectivity index (χ0) is 11.9. The SMILES string of the molecule is C=C(/C=C\C(=C/C)OC(C)(F)F)CSC. The van der Waals surface area contributed by atoms with Gasteiger partial charge in [0.15, 0.2) is 0 Å². The number of alkyl halides is 2. The summed E-state index contributed by atoms with van der Waals surface area (Å²) >= 11 is 1.62. The van der Waals surface area contributed by atoms with Gasteiger partial charge in [-0.3, -0.25) is 0 Å². The van der Waals surface area contributed by atoms with E-state index in [2.05, 4.69) is 11.3 Å². The maximum atomic E-state index is 12.5. The average molecular weight is 234 g/mol. The van der Waals surface area contributed by atoms with Gasteiger partial charge in [0.25, 0.3) is 0 Å². The van der Waals surface area contributed by atoms with Crippen molar-refractivity contribution < 1.29 is 13.5 Å². The van der Waals surface area contributed by atoms with E-state index in [4.69, 9.17) is 0 Å². The Balaban J connectivity index is 4.29. The van der Waals surface area contributed by atoms with Gasteiger partial charge < -0.3 is 4.74 Å². The summed E-state index contributed by atoms with van der Waals surface area (Å²) in [5.74, 6) is 0.917. The molecule has 0 atom stereocenters. The van der Waals surface area contributed by atoms with Crippen LogP contribution in [0, 0.1) is 0 Å². The maximum Gasteiger partial charge on any atom is 0.394 e. The molecule has 0 N–H and O–H groups in total. The van der Waals surface area contributed by atoms with Gasteiger partial charge in [-0.05, 0) is 30.9 Å². The van der Waals surface area contributed by atoms with E-state index in [1.54, 1.807) is 24.8 Å². The van der Waals surface area contributed by atoms with Gasteiger partial charge in [-0.2, -0.15) is 20.5 Å². The molecule has 0 aliphatic heterocycles. The van der Waals surface area contributed by atoms with E-state index in [0.717, 1.165) is 11.3 Å². The molecule has 0 aliphatic carbocycles. The summed E-state index contributed by atoms with van der Waals surface area (Å²) in [7, 11) is 0. The lowest BCUT2D eigenvalue weighted by Gasteiger charge is -2.13. The van der Waals surface area contributed by atoms with Crippen molar-refractivity contribution in [1.82, 2.24) is 0 Å². The first-order chi connectivity index (χ1) is 6.89. The van der Waals surface area contributed by atoms with Gasteiger partial charge >= 0.3 is 6.11 Å². The predicted octanol–water partition coefficient (Wildman–Crippen LogP) is 3.99. The molecule has 0 aromatic heterocycles. The monoisotopic (exact) mass is 234 g/mol. The highest BCUT2D eigenvalue weighted by Crippen LogP contribution is 2.19. The third-order valence-electron chi connectivity index (χ3n) is 1.39. The number of hydrogen-bond acceptors (Lipinski definition) is 2. The minimum Gasteiger partial charge on any atom is -0.433 e. The van der Waals surface area contributed by atoms with Gasteiger partial charge in [0.2, 0.25) is 0 Å². The molecule has 0 saturated heterocycles. The summed E-state index contributed by atoms with van der Waals surface area (Å²) in [4.78, 5) is 0. The number of halogens is 2. The van der Waals surface area contributed by atoms with Crippen LogP contribution in [-0.2, 0) is 4.74 Å². The van der Waals surface area contributed by atoms with Crippen LogP contribution >= 0.6 is 11.8 Å². The molecule has 0 bridgehead atoms. The predicted molar refractivity (Wildman–Crippen MR) is 62.1 cm³/mol. The standard InChI is InChI=1S/C11H16F2OS/c1-5-10(14-11(3,12)13)7-6-9(2)8-15-4/h5-7H,2,8H2,1,3-4H3/b7-6-,10-5+. The summed E-state index contributed by atoms with van der Waals surface area (Å²) < 4.78 is 29.4. The van der Waals surface area contributed by atoms with Gasteiger partial charge in [0.05, 0.1) is 0 Å². The largest absolute Gasteiger partial charge is 0.433 e.